The molecule has 0 saturated carbocycles. The molecule has 3 atom stereocenters. The van der Waals surface area contributed by atoms with Crippen LogP contribution in [-0.2, 0) is 18.4 Å². The molecule has 9 heteroatoms. The van der Waals surface area contributed by atoms with Crippen LogP contribution in [0.2, 0.25) is 0 Å². The van der Waals surface area contributed by atoms with Crippen LogP contribution in [0.1, 0.15) is 187 Å². The van der Waals surface area contributed by atoms with Crippen LogP contribution >= 0.6 is 7.82 Å². The van der Waals surface area contributed by atoms with Crippen LogP contribution in [0.3, 0.4) is 0 Å². The fraction of sp³-hybridized carbons (Fsp3) is 0.685. The first-order valence-electron chi connectivity index (χ1n) is 25.1. The number of carbonyl (C=O) groups is 1. The summed E-state index contributed by atoms with van der Waals surface area (Å²) in [6, 6.07) is -0.854. The number of nitrogens with one attached hydrogen (secondary N) is 1. The lowest BCUT2D eigenvalue weighted by Crippen LogP contribution is -2.45. The van der Waals surface area contributed by atoms with Crippen molar-refractivity contribution >= 4 is 13.7 Å². The number of aliphatic hydroxyl groups is 1. The maximum Gasteiger partial charge on any atom is 0.472 e. The summed E-state index contributed by atoms with van der Waals surface area (Å²) in [4.78, 5) is 23.1. The molecule has 0 aromatic rings. The lowest BCUT2D eigenvalue weighted by molar-refractivity contribution is -0.870. The summed E-state index contributed by atoms with van der Waals surface area (Å²) in [7, 11) is 1.55. The molecule has 0 bridgehead atoms. The van der Waals surface area contributed by atoms with E-state index < -0.39 is 20.0 Å². The average Bonchev–Trinajstić information content (AvgIpc) is 3.24. The maximum absolute atomic E-state index is 12.9. The lowest BCUT2D eigenvalue weighted by atomic mass is 10.0. The van der Waals surface area contributed by atoms with Crippen LogP contribution < -0.4 is 5.32 Å². The van der Waals surface area contributed by atoms with Crippen molar-refractivity contribution < 1.29 is 32.9 Å². The van der Waals surface area contributed by atoms with Crippen LogP contribution in [-0.4, -0.2) is 73.4 Å². The second-order valence-corrected chi connectivity index (χ2v) is 19.3. The highest BCUT2D eigenvalue weighted by atomic mass is 31.2. The highest BCUT2D eigenvalue weighted by molar-refractivity contribution is 7.47. The minimum atomic E-state index is -4.34. The molecule has 0 aromatic heterocycles. The molecule has 63 heavy (non-hydrogen) atoms. The van der Waals surface area contributed by atoms with Gasteiger partial charge in [0.05, 0.1) is 39.9 Å². The molecule has 3 N–H and O–H groups in total. The molecule has 8 nitrogen and oxygen atoms in total. The zero-order chi connectivity index (χ0) is 46.4. The van der Waals surface area contributed by atoms with E-state index in [4.69, 9.17) is 9.05 Å². The monoisotopic (exact) mass is 900 g/mol. The van der Waals surface area contributed by atoms with E-state index in [2.05, 4.69) is 104 Å². The van der Waals surface area contributed by atoms with Crippen LogP contribution in [0, 0.1) is 0 Å². The minimum absolute atomic E-state index is 0.0554. The molecule has 3 unspecified atom stereocenters. The van der Waals surface area contributed by atoms with Crippen molar-refractivity contribution in [3.05, 3.63) is 97.2 Å². The predicted molar refractivity (Wildman–Crippen MR) is 272 cm³/mol. The number of hydrogen-bond donors (Lipinski definition) is 3. The van der Waals surface area contributed by atoms with Gasteiger partial charge in [0.2, 0.25) is 5.91 Å². The maximum atomic E-state index is 12.9. The lowest BCUT2D eigenvalue weighted by Gasteiger charge is -2.25. The van der Waals surface area contributed by atoms with Gasteiger partial charge in [0.15, 0.2) is 0 Å². The number of phosphoric acid groups is 1. The van der Waals surface area contributed by atoms with Crippen LogP contribution in [0.15, 0.2) is 97.2 Å². The second-order valence-electron chi connectivity index (χ2n) is 17.8. The average molecular weight is 900 g/mol. The number of likely N-dealkylation sites (N-methyl/N-ethyl adjacent to an activating group) is 1. The van der Waals surface area contributed by atoms with Gasteiger partial charge in [0.25, 0.3) is 0 Å². The SMILES string of the molecule is CC/C=C\C/C=C\C/C=C\C/C=C\C/C=C\C/C=C\C/C=C\CCCCCCCCCCCC(=O)NC(COP(=O)(O)OCC[N+](C)(C)C)C(O)/C=C/CCCCCCCCCC. The highest BCUT2D eigenvalue weighted by Crippen LogP contribution is 2.43. The van der Waals surface area contributed by atoms with Gasteiger partial charge in [0.1, 0.15) is 13.2 Å². The number of allylic oxidation sites excluding steroid dienone is 15. The van der Waals surface area contributed by atoms with Crippen molar-refractivity contribution in [3.8, 4) is 0 Å². The summed E-state index contributed by atoms with van der Waals surface area (Å²) in [6.07, 6.45) is 63.5. The summed E-state index contributed by atoms with van der Waals surface area (Å²) >= 11 is 0. The number of rotatable bonds is 44. The number of amides is 1. The molecule has 0 rings (SSSR count). The zero-order valence-corrected chi connectivity index (χ0v) is 41.9. The predicted octanol–water partition coefficient (Wildman–Crippen LogP) is 14.7. The molecule has 0 aliphatic heterocycles. The van der Waals surface area contributed by atoms with Gasteiger partial charge in [-0.2, -0.15) is 0 Å². The molecule has 0 radical (unpaired) electrons. The van der Waals surface area contributed by atoms with E-state index >= 15 is 0 Å². The van der Waals surface area contributed by atoms with E-state index in [1.54, 1.807) is 6.08 Å². The second kappa shape index (κ2) is 44.6. The summed E-state index contributed by atoms with van der Waals surface area (Å²) in [5, 5.41) is 13.8. The number of quaternary nitrogens is 1. The Hall–Kier alpha value is -2.58. The molecule has 0 aliphatic carbocycles. The van der Waals surface area contributed by atoms with E-state index in [1.165, 1.54) is 77.0 Å². The number of unbranched alkanes of at least 4 members (excludes halogenated alkanes) is 17. The Morgan fingerprint density at radius 2 is 0.952 bits per heavy atom. The normalized spacial score (nSPS) is 15.0. The smallest absolute Gasteiger partial charge is 0.387 e. The van der Waals surface area contributed by atoms with Crippen molar-refractivity contribution in [1.82, 2.24) is 5.32 Å². The largest absolute Gasteiger partial charge is 0.472 e. The first-order valence-corrected chi connectivity index (χ1v) is 26.6. The number of nitrogens with zero attached hydrogens (tertiary/aromatic N) is 1. The van der Waals surface area contributed by atoms with E-state index in [0.717, 1.165) is 89.9 Å². The summed E-state index contributed by atoms with van der Waals surface area (Å²) in [5.41, 5.74) is 0. The van der Waals surface area contributed by atoms with E-state index in [9.17, 15) is 19.4 Å². The van der Waals surface area contributed by atoms with Gasteiger partial charge in [-0.15, -0.1) is 0 Å². The molecule has 362 valence electrons. The number of phosphoric ester groups is 1. The Labute approximate surface area is 388 Å². The molecular formula is C54H96N2O6P+. The number of carbonyl (C=O) groups excluding carboxylic acids is 1. The first kappa shape index (κ1) is 60.4. The van der Waals surface area contributed by atoms with Crippen molar-refractivity contribution in [2.45, 2.75) is 199 Å². The van der Waals surface area contributed by atoms with E-state index in [1.807, 2.05) is 27.2 Å². The van der Waals surface area contributed by atoms with E-state index in [-0.39, 0.29) is 19.1 Å². The molecule has 0 saturated heterocycles. The van der Waals surface area contributed by atoms with Crippen LogP contribution in [0.5, 0.6) is 0 Å². The van der Waals surface area contributed by atoms with Gasteiger partial charge in [0, 0.05) is 6.42 Å². The van der Waals surface area contributed by atoms with Gasteiger partial charge >= 0.3 is 7.82 Å². The molecule has 0 spiro atoms. The molecule has 1 amide bonds. The first-order chi connectivity index (χ1) is 30.5. The Balaban J connectivity index is 4.17. The Morgan fingerprint density at radius 3 is 1.40 bits per heavy atom. The van der Waals surface area contributed by atoms with Crippen LogP contribution in [0.25, 0.3) is 0 Å². The van der Waals surface area contributed by atoms with Gasteiger partial charge < -0.3 is 19.8 Å². The third-order valence-electron chi connectivity index (χ3n) is 10.6. The molecular weight excluding hydrogens is 804 g/mol. The third kappa shape index (κ3) is 47.2. The molecule has 0 heterocycles. The standard InChI is InChI=1S/C54H95N2O6P/c1-6-8-10-12-14-16-18-19-20-21-22-23-24-25-26-27-28-29-30-31-32-33-34-35-36-37-38-40-42-44-46-48-54(58)55-52(51-62-63(59,60)61-50-49-56(3,4)5)53(57)47-45-43-41-39-17-15-13-11-9-7-2/h8,10,14,16,19-20,22-23,25-26,28-29,31-32,45,47,52-53,57H,6-7,9,11-13,15,17-18,21,24,27,30,33-44,46,48-51H2,1-5H3,(H-,55,58,59,60)/p+1/b10-8-,16-14-,20-19-,23-22-,26-25-,29-28-,32-31-,47-45+. The quantitative estimate of drug-likeness (QED) is 0.0243. The minimum Gasteiger partial charge on any atom is -0.387 e. The third-order valence-corrected chi connectivity index (χ3v) is 11.5. The zero-order valence-electron chi connectivity index (χ0n) is 41.0. The summed E-state index contributed by atoms with van der Waals surface area (Å²) in [6.45, 7) is 4.65. The molecule has 0 aromatic carbocycles. The molecule has 0 aliphatic rings. The number of hydrogen-bond acceptors (Lipinski definition) is 5. The van der Waals surface area contributed by atoms with Crippen molar-refractivity contribution in [1.29, 1.82) is 0 Å². The summed E-state index contributed by atoms with van der Waals surface area (Å²) < 4.78 is 23.5. The summed E-state index contributed by atoms with van der Waals surface area (Å²) in [5.74, 6) is -0.191. The van der Waals surface area contributed by atoms with Crippen LogP contribution in [0.4, 0.5) is 0 Å². The fourth-order valence-electron chi connectivity index (χ4n) is 6.61. The highest BCUT2D eigenvalue weighted by Gasteiger charge is 2.27. The topological polar surface area (TPSA) is 105 Å². The van der Waals surface area contributed by atoms with Gasteiger partial charge in [-0.1, -0.05) is 201 Å². The van der Waals surface area contributed by atoms with E-state index in [0.29, 0.717) is 17.4 Å². The fourth-order valence-corrected chi connectivity index (χ4v) is 7.34. The van der Waals surface area contributed by atoms with Crippen molar-refractivity contribution in [3.63, 3.8) is 0 Å². The van der Waals surface area contributed by atoms with Gasteiger partial charge in [-0.25, -0.2) is 4.57 Å². The Morgan fingerprint density at radius 1 is 0.556 bits per heavy atom. The number of aliphatic hydroxyl groups excluding tert-OH is 1. The Bertz CT molecular complexity index is 1340. The van der Waals surface area contributed by atoms with Gasteiger partial charge in [-0.05, 0) is 77.0 Å². The molecule has 0 fully saturated rings. The van der Waals surface area contributed by atoms with Crippen molar-refractivity contribution in [2.24, 2.45) is 0 Å². The van der Waals surface area contributed by atoms with Crippen molar-refractivity contribution in [2.75, 3.05) is 40.9 Å². The van der Waals surface area contributed by atoms with Gasteiger partial charge in [-0.3, -0.25) is 13.8 Å². The Kier molecular flexibility index (Phi) is 42.8.